The number of carbonyl (C=O) groups is 2. The molecule has 0 spiro atoms. The number of hydrogen-bond acceptors (Lipinski definition) is 2. The number of primary amides is 1. The van der Waals surface area contributed by atoms with Gasteiger partial charge in [0, 0.05) is 23.9 Å². The van der Waals surface area contributed by atoms with Gasteiger partial charge in [0.25, 0.3) is 5.91 Å². The van der Waals surface area contributed by atoms with Gasteiger partial charge in [0.2, 0.25) is 5.91 Å². The second-order valence-electron chi connectivity index (χ2n) is 4.35. The Morgan fingerprint density at radius 3 is 2.61 bits per heavy atom. The first-order valence-electron chi connectivity index (χ1n) is 5.80. The quantitative estimate of drug-likeness (QED) is 0.887. The van der Waals surface area contributed by atoms with Crippen LogP contribution in [-0.4, -0.2) is 18.4 Å². The number of rotatable bonds is 3. The van der Waals surface area contributed by atoms with Crippen molar-refractivity contribution in [2.24, 2.45) is 5.73 Å². The standard InChI is InChI=1S/C14H12N2O2/c15-12(17)7-8-16-11-6-2-4-9-3-1-5-10(13(9)11)14(16)18/h1-6H,7-8H2,(H2,15,17). The van der Waals surface area contributed by atoms with Crippen molar-refractivity contribution in [1.82, 2.24) is 0 Å². The number of benzene rings is 2. The first-order chi connectivity index (χ1) is 8.68. The molecular weight excluding hydrogens is 228 g/mol. The minimum Gasteiger partial charge on any atom is -0.370 e. The summed E-state index contributed by atoms with van der Waals surface area (Å²) in [5.74, 6) is -0.450. The SMILES string of the molecule is NC(=O)CCN1C(=O)c2cccc3cccc1c23. The summed E-state index contributed by atoms with van der Waals surface area (Å²) >= 11 is 0. The normalized spacial score (nSPS) is 13.3. The molecule has 0 radical (unpaired) electrons. The first kappa shape index (κ1) is 10.8. The molecule has 90 valence electrons. The summed E-state index contributed by atoms with van der Waals surface area (Å²) in [4.78, 5) is 24.8. The summed E-state index contributed by atoms with van der Waals surface area (Å²) in [5, 5.41) is 2.01. The van der Waals surface area contributed by atoms with Crippen LogP contribution in [0.4, 0.5) is 5.69 Å². The molecular formula is C14H12N2O2. The van der Waals surface area contributed by atoms with Crippen molar-refractivity contribution in [3.8, 4) is 0 Å². The van der Waals surface area contributed by atoms with E-state index in [1.807, 2.05) is 36.4 Å². The molecule has 2 N–H and O–H groups in total. The van der Waals surface area contributed by atoms with Crippen LogP contribution in [0.5, 0.6) is 0 Å². The summed E-state index contributed by atoms with van der Waals surface area (Å²) in [7, 11) is 0. The van der Waals surface area contributed by atoms with E-state index in [-0.39, 0.29) is 12.3 Å². The van der Waals surface area contributed by atoms with Crippen LogP contribution in [0, 0.1) is 0 Å². The minimum absolute atomic E-state index is 0.0527. The summed E-state index contributed by atoms with van der Waals surface area (Å²) in [6, 6.07) is 11.5. The molecule has 0 aliphatic carbocycles. The molecule has 1 heterocycles. The molecule has 2 amide bonds. The largest absolute Gasteiger partial charge is 0.370 e. The maximum absolute atomic E-state index is 12.3. The molecule has 2 aromatic rings. The van der Waals surface area contributed by atoms with E-state index in [9.17, 15) is 9.59 Å². The lowest BCUT2D eigenvalue weighted by molar-refractivity contribution is -0.117. The molecule has 3 rings (SSSR count). The summed E-state index contributed by atoms with van der Waals surface area (Å²) < 4.78 is 0. The molecule has 0 saturated heterocycles. The van der Waals surface area contributed by atoms with Gasteiger partial charge in [0.1, 0.15) is 0 Å². The van der Waals surface area contributed by atoms with Gasteiger partial charge in [-0.15, -0.1) is 0 Å². The molecule has 0 unspecified atom stereocenters. The van der Waals surface area contributed by atoms with E-state index >= 15 is 0 Å². The Morgan fingerprint density at radius 1 is 1.17 bits per heavy atom. The van der Waals surface area contributed by atoms with E-state index in [2.05, 4.69) is 0 Å². The van der Waals surface area contributed by atoms with E-state index < -0.39 is 5.91 Å². The highest BCUT2D eigenvalue weighted by atomic mass is 16.2. The van der Waals surface area contributed by atoms with Crippen LogP contribution in [0.2, 0.25) is 0 Å². The third kappa shape index (κ3) is 1.46. The molecule has 18 heavy (non-hydrogen) atoms. The zero-order chi connectivity index (χ0) is 12.7. The number of nitrogens with two attached hydrogens (primary N) is 1. The van der Waals surface area contributed by atoms with Gasteiger partial charge < -0.3 is 10.6 Å². The number of carbonyl (C=O) groups excluding carboxylic acids is 2. The van der Waals surface area contributed by atoms with Gasteiger partial charge in [-0.2, -0.15) is 0 Å². The lowest BCUT2D eigenvalue weighted by Crippen LogP contribution is -2.30. The van der Waals surface area contributed by atoms with Crippen LogP contribution in [0.15, 0.2) is 36.4 Å². The predicted octanol–water partition coefficient (Wildman–Crippen LogP) is 1.68. The lowest BCUT2D eigenvalue weighted by atomic mass is 10.1. The zero-order valence-corrected chi connectivity index (χ0v) is 9.72. The van der Waals surface area contributed by atoms with Crippen LogP contribution >= 0.6 is 0 Å². The molecule has 0 saturated carbocycles. The van der Waals surface area contributed by atoms with E-state index in [0.29, 0.717) is 12.1 Å². The molecule has 0 fully saturated rings. The monoisotopic (exact) mass is 240 g/mol. The molecule has 0 bridgehead atoms. The van der Waals surface area contributed by atoms with Crippen molar-refractivity contribution in [3.05, 3.63) is 42.0 Å². The molecule has 0 aromatic heterocycles. The third-order valence-corrected chi connectivity index (χ3v) is 3.23. The highest BCUT2D eigenvalue weighted by molar-refractivity contribution is 6.25. The van der Waals surface area contributed by atoms with Gasteiger partial charge in [-0.3, -0.25) is 9.59 Å². The van der Waals surface area contributed by atoms with Gasteiger partial charge >= 0.3 is 0 Å². The van der Waals surface area contributed by atoms with E-state index in [0.717, 1.165) is 16.5 Å². The van der Waals surface area contributed by atoms with Crippen LogP contribution in [0.25, 0.3) is 10.8 Å². The molecule has 4 heteroatoms. The van der Waals surface area contributed by atoms with Crippen LogP contribution in [-0.2, 0) is 4.79 Å². The Balaban J connectivity index is 2.10. The minimum atomic E-state index is -0.397. The summed E-state index contributed by atoms with van der Waals surface area (Å²) in [5.41, 5.74) is 6.71. The van der Waals surface area contributed by atoms with Gasteiger partial charge in [-0.05, 0) is 17.5 Å². The van der Waals surface area contributed by atoms with Gasteiger partial charge in [0.15, 0.2) is 0 Å². The van der Waals surface area contributed by atoms with Gasteiger partial charge in [-0.25, -0.2) is 0 Å². The molecule has 4 nitrogen and oxygen atoms in total. The highest BCUT2D eigenvalue weighted by Crippen LogP contribution is 2.36. The number of anilines is 1. The average molecular weight is 240 g/mol. The Bertz CT molecular complexity index is 659. The Hall–Kier alpha value is -2.36. The maximum Gasteiger partial charge on any atom is 0.259 e. The van der Waals surface area contributed by atoms with E-state index in [1.165, 1.54) is 0 Å². The maximum atomic E-state index is 12.3. The molecule has 0 atom stereocenters. The Kier molecular flexibility index (Phi) is 2.30. The van der Waals surface area contributed by atoms with E-state index in [1.54, 1.807) is 4.90 Å². The lowest BCUT2D eigenvalue weighted by Gasteiger charge is -2.16. The van der Waals surface area contributed by atoms with Crippen LogP contribution in [0.3, 0.4) is 0 Å². The molecule has 2 aromatic carbocycles. The third-order valence-electron chi connectivity index (χ3n) is 3.23. The summed E-state index contributed by atoms with van der Waals surface area (Å²) in [6.45, 7) is 0.335. The van der Waals surface area contributed by atoms with Crippen LogP contribution in [0.1, 0.15) is 16.8 Å². The van der Waals surface area contributed by atoms with Crippen LogP contribution < -0.4 is 10.6 Å². The number of nitrogens with zero attached hydrogens (tertiary/aromatic N) is 1. The second-order valence-corrected chi connectivity index (χ2v) is 4.35. The second kappa shape index (κ2) is 3.84. The highest BCUT2D eigenvalue weighted by Gasteiger charge is 2.29. The van der Waals surface area contributed by atoms with Gasteiger partial charge in [0.05, 0.1) is 5.69 Å². The first-order valence-corrected chi connectivity index (χ1v) is 5.80. The zero-order valence-electron chi connectivity index (χ0n) is 9.72. The fourth-order valence-corrected chi connectivity index (χ4v) is 2.42. The predicted molar refractivity (Wildman–Crippen MR) is 69.4 cm³/mol. The Morgan fingerprint density at radius 2 is 1.89 bits per heavy atom. The van der Waals surface area contributed by atoms with Crippen molar-refractivity contribution in [3.63, 3.8) is 0 Å². The van der Waals surface area contributed by atoms with E-state index in [4.69, 9.17) is 5.73 Å². The van der Waals surface area contributed by atoms with Crippen molar-refractivity contribution in [1.29, 1.82) is 0 Å². The molecule has 1 aliphatic heterocycles. The number of amides is 2. The number of hydrogen-bond donors (Lipinski definition) is 1. The van der Waals surface area contributed by atoms with Crippen molar-refractivity contribution in [2.45, 2.75) is 6.42 Å². The van der Waals surface area contributed by atoms with Crippen molar-refractivity contribution in [2.75, 3.05) is 11.4 Å². The fourth-order valence-electron chi connectivity index (χ4n) is 2.42. The van der Waals surface area contributed by atoms with Crippen molar-refractivity contribution >= 4 is 28.3 Å². The van der Waals surface area contributed by atoms with Crippen molar-refractivity contribution < 1.29 is 9.59 Å². The molecule has 1 aliphatic rings. The van der Waals surface area contributed by atoms with Gasteiger partial charge in [-0.1, -0.05) is 24.3 Å². The smallest absolute Gasteiger partial charge is 0.259 e. The Labute approximate surface area is 104 Å². The summed E-state index contributed by atoms with van der Waals surface area (Å²) in [6.07, 6.45) is 0.177. The average Bonchev–Trinajstić information content (AvgIpc) is 2.63. The topological polar surface area (TPSA) is 63.4 Å². The fraction of sp³-hybridized carbons (Fsp3) is 0.143.